The fourth-order valence-corrected chi connectivity index (χ4v) is 4.38. The van der Waals surface area contributed by atoms with E-state index < -0.39 is 18.6 Å². The number of phenolic OH excluding ortho intramolecular Hbond substituents is 1. The lowest BCUT2D eigenvalue weighted by Crippen LogP contribution is -2.46. The Bertz CT molecular complexity index is 511. The maximum atomic E-state index is 13.0. The lowest BCUT2D eigenvalue weighted by molar-refractivity contribution is -0.148. The van der Waals surface area contributed by atoms with E-state index in [0.717, 1.165) is 3.57 Å². The third kappa shape index (κ3) is 5.53. The summed E-state index contributed by atoms with van der Waals surface area (Å²) in [5.74, 6) is -0.0381. The monoisotopic (exact) mass is 562 g/mol. The number of rotatable bonds is 3. The van der Waals surface area contributed by atoms with Crippen LogP contribution in [0.1, 0.15) is 18.0 Å². The molecule has 0 saturated carbocycles. The van der Waals surface area contributed by atoms with E-state index in [4.69, 9.17) is 0 Å². The van der Waals surface area contributed by atoms with E-state index in [-0.39, 0.29) is 18.2 Å². The Balaban J connectivity index is 0.00000242. The van der Waals surface area contributed by atoms with Crippen LogP contribution in [0.25, 0.3) is 0 Å². The average molecular weight is 563 g/mol. The first-order valence-electron chi connectivity index (χ1n) is 6.47. The van der Waals surface area contributed by atoms with E-state index in [1.807, 2.05) is 22.6 Å². The van der Waals surface area contributed by atoms with Gasteiger partial charge in [-0.15, -0.1) is 12.4 Å². The van der Waals surface area contributed by atoms with Crippen LogP contribution in [0.3, 0.4) is 0 Å². The number of halogens is 6. The minimum absolute atomic E-state index is 0. The molecule has 1 saturated heterocycles. The van der Waals surface area contributed by atoms with Crippen molar-refractivity contribution in [1.82, 2.24) is 10.2 Å². The van der Waals surface area contributed by atoms with Gasteiger partial charge >= 0.3 is 6.18 Å². The van der Waals surface area contributed by atoms with Crippen molar-refractivity contribution in [3.63, 3.8) is 0 Å². The summed E-state index contributed by atoms with van der Waals surface area (Å²) in [5.41, 5.74) is 0.366. The second-order valence-electron chi connectivity index (χ2n) is 4.95. The van der Waals surface area contributed by atoms with Crippen molar-refractivity contribution < 1.29 is 18.3 Å². The third-order valence-electron chi connectivity index (χ3n) is 3.43. The molecule has 2 N–H and O–H groups in total. The van der Waals surface area contributed by atoms with Crippen LogP contribution >= 0.6 is 57.6 Å². The minimum atomic E-state index is -4.27. The van der Waals surface area contributed by atoms with Gasteiger partial charge in [-0.1, -0.05) is 0 Å². The van der Waals surface area contributed by atoms with E-state index in [1.54, 1.807) is 17.0 Å². The Morgan fingerprint density at radius 1 is 1.23 bits per heavy atom. The smallest absolute Gasteiger partial charge is 0.390 e. The fraction of sp³-hybridized carbons (Fsp3) is 0.538. The van der Waals surface area contributed by atoms with Gasteiger partial charge in [-0.2, -0.15) is 13.2 Å². The number of nitrogens with zero attached hydrogens (tertiary/aromatic N) is 1. The van der Waals surface area contributed by atoms with Crippen LogP contribution in [0.15, 0.2) is 12.1 Å². The second kappa shape index (κ2) is 8.54. The minimum Gasteiger partial charge on any atom is -0.506 e. The number of phenols is 1. The fourth-order valence-electron chi connectivity index (χ4n) is 2.49. The van der Waals surface area contributed by atoms with Gasteiger partial charge in [0.2, 0.25) is 0 Å². The molecule has 0 amide bonds. The van der Waals surface area contributed by atoms with Gasteiger partial charge in [-0.05, 0) is 57.3 Å². The van der Waals surface area contributed by atoms with Crippen molar-refractivity contribution in [2.45, 2.75) is 18.6 Å². The molecule has 3 nitrogen and oxygen atoms in total. The van der Waals surface area contributed by atoms with Gasteiger partial charge in [0.05, 0.1) is 9.99 Å². The number of alkyl halides is 3. The molecule has 0 unspecified atom stereocenters. The normalized spacial score (nSPS) is 17.9. The highest BCUT2D eigenvalue weighted by atomic mass is 127. The van der Waals surface area contributed by atoms with Crippen LogP contribution in [-0.4, -0.2) is 42.4 Å². The summed E-state index contributed by atoms with van der Waals surface area (Å²) in [7, 11) is 0. The highest BCUT2D eigenvalue weighted by molar-refractivity contribution is 14.1. The maximum absolute atomic E-state index is 13.0. The number of piperazine rings is 1. The Hall–Kier alpha value is 0.480. The predicted molar refractivity (Wildman–Crippen MR) is 98.6 cm³/mol. The zero-order valence-corrected chi connectivity index (χ0v) is 16.6. The SMILES string of the molecule is Cl.Oc1c(I)cc(I)cc1[C@H](CC(F)(F)F)N1CCNCC1. The quantitative estimate of drug-likeness (QED) is 0.549. The maximum Gasteiger partial charge on any atom is 0.390 e. The van der Waals surface area contributed by atoms with E-state index in [1.165, 1.54) is 0 Å². The van der Waals surface area contributed by atoms with Gasteiger partial charge in [-0.25, -0.2) is 0 Å². The summed E-state index contributed by atoms with van der Waals surface area (Å²) < 4.78 is 40.3. The summed E-state index contributed by atoms with van der Waals surface area (Å²) in [5, 5.41) is 13.3. The molecule has 126 valence electrons. The molecule has 1 aromatic carbocycles. The molecule has 0 aromatic heterocycles. The van der Waals surface area contributed by atoms with Gasteiger partial charge in [-0.3, -0.25) is 4.90 Å². The molecule has 1 aliphatic rings. The molecule has 2 rings (SSSR count). The Labute approximate surface area is 160 Å². The Kier molecular flexibility index (Phi) is 7.97. The number of aromatic hydroxyl groups is 1. The van der Waals surface area contributed by atoms with Crippen molar-refractivity contribution in [2.24, 2.45) is 0 Å². The summed E-state index contributed by atoms with van der Waals surface area (Å²) in [6.07, 6.45) is -5.22. The highest BCUT2D eigenvalue weighted by Gasteiger charge is 2.37. The van der Waals surface area contributed by atoms with E-state index in [0.29, 0.717) is 35.3 Å². The first kappa shape index (κ1) is 20.5. The molecular weight excluding hydrogens is 546 g/mol. The second-order valence-corrected chi connectivity index (χ2v) is 7.35. The van der Waals surface area contributed by atoms with Crippen molar-refractivity contribution >= 4 is 57.6 Å². The number of hydrogen-bond donors (Lipinski definition) is 2. The molecule has 0 radical (unpaired) electrons. The largest absolute Gasteiger partial charge is 0.506 e. The Morgan fingerprint density at radius 2 is 1.82 bits per heavy atom. The molecule has 1 fully saturated rings. The molecule has 1 aliphatic heterocycles. The molecule has 1 aromatic rings. The van der Waals surface area contributed by atoms with Crippen LogP contribution in [0, 0.1) is 7.14 Å². The van der Waals surface area contributed by atoms with Crippen molar-refractivity contribution in [2.75, 3.05) is 26.2 Å². The first-order chi connectivity index (χ1) is 9.78. The van der Waals surface area contributed by atoms with Crippen molar-refractivity contribution in [3.8, 4) is 5.75 Å². The van der Waals surface area contributed by atoms with Crippen molar-refractivity contribution in [3.05, 3.63) is 24.8 Å². The van der Waals surface area contributed by atoms with Crippen LogP contribution in [0.4, 0.5) is 13.2 Å². The molecule has 0 spiro atoms. The van der Waals surface area contributed by atoms with E-state index >= 15 is 0 Å². The van der Waals surface area contributed by atoms with Gasteiger partial charge in [0, 0.05) is 41.4 Å². The number of benzene rings is 1. The van der Waals surface area contributed by atoms with Crippen LogP contribution in [-0.2, 0) is 0 Å². The topological polar surface area (TPSA) is 35.5 Å². The van der Waals surface area contributed by atoms with Crippen molar-refractivity contribution in [1.29, 1.82) is 0 Å². The zero-order chi connectivity index (χ0) is 15.6. The summed E-state index contributed by atoms with van der Waals surface area (Å²) in [6, 6.07) is 2.56. The lowest BCUT2D eigenvalue weighted by Gasteiger charge is -2.36. The summed E-state index contributed by atoms with van der Waals surface area (Å²) in [6.45, 7) is 2.41. The first-order valence-corrected chi connectivity index (χ1v) is 8.63. The summed E-state index contributed by atoms with van der Waals surface area (Å²) >= 11 is 4.01. The molecule has 9 heteroatoms. The predicted octanol–water partition coefficient (Wildman–Crippen LogP) is 3.92. The van der Waals surface area contributed by atoms with Gasteiger partial charge < -0.3 is 10.4 Å². The average Bonchev–Trinajstić information content (AvgIpc) is 2.40. The van der Waals surface area contributed by atoms with Gasteiger partial charge in [0.1, 0.15) is 5.75 Å². The van der Waals surface area contributed by atoms with Gasteiger partial charge in [0.15, 0.2) is 0 Å². The molecule has 1 heterocycles. The number of nitrogens with one attached hydrogen (secondary N) is 1. The zero-order valence-electron chi connectivity index (χ0n) is 11.5. The van der Waals surface area contributed by atoms with Gasteiger partial charge in [0.25, 0.3) is 0 Å². The highest BCUT2D eigenvalue weighted by Crippen LogP contribution is 2.40. The van der Waals surface area contributed by atoms with E-state index in [9.17, 15) is 18.3 Å². The molecule has 0 bridgehead atoms. The number of hydrogen-bond acceptors (Lipinski definition) is 3. The molecular formula is C13H16ClF3I2N2O. The van der Waals surface area contributed by atoms with E-state index in [2.05, 4.69) is 27.9 Å². The molecule has 22 heavy (non-hydrogen) atoms. The van der Waals surface area contributed by atoms with Crippen LogP contribution in [0.5, 0.6) is 5.75 Å². The third-order valence-corrected chi connectivity index (χ3v) is 4.88. The standard InChI is InChI=1S/C13H15F3I2N2O.ClH/c14-13(15,16)7-11(20-3-1-19-2-4-20)9-5-8(17)6-10(18)12(9)21;/h5-6,11,19,21H,1-4,7H2;1H/t11-;/m0./s1. The lowest BCUT2D eigenvalue weighted by atomic mass is 10.00. The summed E-state index contributed by atoms with van der Waals surface area (Å²) in [4.78, 5) is 1.80. The molecule has 0 aliphatic carbocycles. The molecule has 1 atom stereocenters. The van der Waals surface area contributed by atoms with Crippen LogP contribution < -0.4 is 5.32 Å². The Morgan fingerprint density at radius 3 is 2.36 bits per heavy atom. The van der Waals surface area contributed by atoms with Crippen LogP contribution in [0.2, 0.25) is 0 Å².